The third-order valence-corrected chi connectivity index (χ3v) is 7.45. The van der Waals surface area contributed by atoms with E-state index in [1.165, 1.54) is 13.0 Å². The Morgan fingerprint density at radius 1 is 1.31 bits per heavy atom. The molecule has 0 bridgehead atoms. The molecule has 2 aliphatic heterocycles. The van der Waals surface area contributed by atoms with Crippen molar-refractivity contribution in [1.82, 2.24) is 0 Å². The molecule has 4 rings (SSSR count). The van der Waals surface area contributed by atoms with Gasteiger partial charge >= 0.3 is 11.9 Å². The van der Waals surface area contributed by atoms with Crippen molar-refractivity contribution in [1.29, 1.82) is 0 Å². The number of allylic oxidation sites excluding steroid dienone is 2. The standard InChI is InChI=1S/C22H28O7/c1-11-6-7-15(27-13(3)23)20(4)9-8-14(24)12(2)17(20)18(25)22-16(10-11)28-19(26)21(22,5)29-22/h8-10,12,15-18,25H,6-7H2,1-5H3. The SMILES string of the molecule is CC(=O)OC1CCC(C)=CC2OC(=O)C3(C)OC23C(O)C2C(C)C(=O)C=CC12C. The average Bonchev–Trinajstić information content (AvgIpc) is 3.23. The van der Waals surface area contributed by atoms with Gasteiger partial charge in [0.1, 0.15) is 6.10 Å². The Morgan fingerprint density at radius 2 is 2.00 bits per heavy atom. The maximum absolute atomic E-state index is 12.6. The highest BCUT2D eigenvalue weighted by atomic mass is 16.7. The van der Waals surface area contributed by atoms with Gasteiger partial charge in [0.2, 0.25) is 0 Å². The molecular formula is C22H28O7. The van der Waals surface area contributed by atoms with E-state index in [4.69, 9.17) is 14.2 Å². The second-order valence-corrected chi connectivity index (χ2v) is 9.27. The first-order valence-electron chi connectivity index (χ1n) is 10.1. The number of hydrogen-bond donors (Lipinski definition) is 1. The molecular weight excluding hydrogens is 376 g/mol. The average molecular weight is 404 g/mol. The smallest absolute Gasteiger partial charge is 0.342 e. The van der Waals surface area contributed by atoms with Crippen LogP contribution in [0.15, 0.2) is 23.8 Å². The summed E-state index contributed by atoms with van der Waals surface area (Å²) >= 11 is 0. The molecule has 29 heavy (non-hydrogen) atoms. The lowest BCUT2D eigenvalue weighted by molar-refractivity contribution is -0.166. The molecule has 2 heterocycles. The zero-order valence-corrected chi connectivity index (χ0v) is 17.4. The van der Waals surface area contributed by atoms with E-state index < -0.39 is 58.7 Å². The fourth-order valence-corrected chi connectivity index (χ4v) is 5.67. The lowest BCUT2D eigenvalue weighted by Crippen LogP contribution is -2.58. The number of esters is 2. The zero-order chi connectivity index (χ0) is 21.4. The van der Waals surface area contributed by atoms with Crippen molar-refractivity contribution in [3.8, 4) is 0 Å². The minimum atomic E-state index is -1.26. The lowest BCUT2D eigenvalue weighted by Gasteiger charge is -2.49. The molecule has 4 aliphatic rings. The van der Waals surface area contributed by atoms with Crippen LogP contribution in [-0.2, 0) is 28.6 Å². The van der Waals surface area contributed by atoms with Crippen molar-refractivity contribution in [2.45, 2.75) is 77.0 Å². The molecule has 158 valence electrons. The molecule has 7 heteroatoms. The second kappa shape index (κ2) is 6.25. The van der Waals surface area contributed by atoms with Crippen molar-refractivity contribution < 1.29 is 33.7 Å². The topological polar surface area (TPSA) is 102 Å². The van der Waals surface area contributed by atoms with Gasteiger partial charge in [-0.2, -0.15) is 0 Å². The maximum atomic E-state index is 12.6. The van der Waals surface area contributed by atoms with Gasteiger partial charge < -0.3 is 19.3 Å². The van der Waals surface area contributed by atoms with Gasteiger partial charge in [0.15, 0.2) is 23.1 Å². The minimum absolute atomic E-state index is 0.113. The number of carbonyl (C=O) groups excluding carboxylic acids is 3. The maximum Gasteiger partial charge on any atom is 0.342 e. The highest BCUT2D eigenvalue weighted by molar-refractivity contribution is 5.93. The minimum Gasteiger partial charge on any atom is -0.462 e. The van der Waals surface area contributed by atoms with Gasteiger partial charge in [-0.1, -0.05) is 25.5 Å². The van der Waals surface area contributed by atoms with E-state index in [1.807, 2.05) is 19.9 Å². The van der Waals surface area contributed by atoms with Crippen LogP contribution in [-0.4, -0.2) is 52.3 Å². The summed E-state index contributed by atoms with van der Waals surface area (Å²) in [6.45, 7) is 8.56. The Balaban J connectivity index is 1.88. The van der Waals surface area contributed by atoms with E-state index in [2.05, 4.69) is 0 Å². The number of hydrogen-bond acceptors (Lipinski definition) is 7. The molecule has 2 aliphatic carbocycles. The number of aliphatic hydroxyl groups excluding tert-OH is 1. The molecule has 0 saturated carbocycles. The Labute approximate surface area is 170 Å². The molecule has 0 amide bonds. The van der Waals surface area contributed by atoms with E-state index in [1.54, 1.807) is 19.9 Å². The van der Waals surface area contributed by atoms with Crippen molar-refractivity contribution >= 4 is 17.7 Å². The van der Waals surface area contributed by atoms with E-state index in [0.717, 1.165) is 5.57 Å². The van der Waals surface area contributed by atoms with Crippen LogP contribution in [0.25, 0.3) is 0 Å². The normalized spacial score (nSPS) is 48.6. The first-order valence-corrected chi connectivity index (χ1v) is 10.1. The highest BCUT2D eigenvalue weighted by Crippen LogP contribution is 2.63. The van der Waals surface area contributed by atoms with Gasteiger partial charge in [0.05, 0.1) is 6.10 Å². The van der Waals surface area contributed by atoms with Crippen LogP contribution in [0.4, 0.5) is 0 Å². The molecule has 0 aromatic rings. The third kappa shape index (κ3) is 2.60. The Morgan fingerprint density at radius 3 is 2.62 bits per heavy atom. The first kappa shape index (κ1) is 20.3. The number of epoxide rings is 1. The Kier molecular flexibility index (Phi) is 4.37. The van der Waals surface area contributed by atoms with Gasteiger partial charge in [-0.05, 0) is 38.8 Å². The number of ketones is 1. The van der Waals surface area contributed by atoms with Crippen LogP contribution >= 0.6 is 0 Å². The molecule has 2 fully saturated rings. The summed E-state index contributed by atoms with van der Waals surface area (Å²) < 4.78 is 17.2. The Bertz CT molecular complexity index is 844. The van der Waals surface area contributed by atoms with Crippen molar-refractivity contribution in [3.63, 3.8) is 0 Å². The second-order valence-electron chi connectivity index (χ2n) is 9.27. The largest absolute Gasteiger partial charge is 0.462 e. The predicted molar refractivity (Wildman–Crippen MR) is 102 cm³/mol. The highest BCUT2D eigenvalue weighted by Gasteiger charge is 2.85. The summed E-state index contributed by atoms with van der Waals surface area (Å²) in [6.07, 6.45) is 3.79. The Hall–Kier alpha value is -1.99. The van der Waals surface area contributed by atoms with Crippen molar-refractivity contribution in [2.24, 2.45) is 17.3 Å². The summed E-state index contributed by atoms with van der Waals surface area (Å²) in [5.74, 6) is -2.19. The number of fused-ring (bicyclic) bond motifs is 1. The summed E-state index contributed by atoms with van der Waals surface area (Å²) in [6, 6.07) is 0. The molecule has 0 radical (unpaired) electrons. The van der Waals surface area contributed by atoms with Crippen LogP contribution in [0.2, 0.25) is 0 Å². The van der Waals surface area contributed by atoms with E-state index in [0.29, 0.717) is 12.8 Å². The van der Waals surface area contributed by atoms with E-state index >= 15 is 0 Å². The van der Waals surface area contributed by atoms with Gasteiger partial charge in [-0.3, -0.25) is 9.59 Å². The first-order chi connectivity index (χ1) is 13.5. The summed E-state index contributed by atoms with van der Waals surface area (Å²) in [4.78, 5) is 36.9. The summed E-state index contributed by atoms with van der Waals surface area (Å²) in [5.41, 5.74) is -2.37. The van der Waals surface area contributed by atoms with Crippen LogP contribution in [0.1, 0.15) is 47.5 Å². The zero-order valence-electron chi connectivity index (χ0n) is 17.4. The van der Waals surface area contributed by atoms with Crippen molar-refractivity contribution in [2.75, 3.05) is 0 Å². The molecule has 7 nitrogen and oxygen atoms in total. The monoisotopic (exact) mass is 404 g/mol. The van der Waals surface area contributed by atoms with E-state index in [9.17, 15) is 19.5 Å². The van der Waals surface area contributed by atoms with Gasteiger partial charge in [0, 0.05) is 24.2 Å². The number of rotatable bonds is 1. The van der Waals surface area contributed by atoms with Crippen LogP contribution in [0.5, 0.6) is 0 Å². The van der Waals surface area contributed by atoms with Gasteiger partial charge in [-0.25, -0.2) is 4.79 Å². The number of ether oxygens (including phenoxy) is 3. The predicted octanol–water partition coefficient (Wildman–Crippen LogP) is 1.87. The fourth-order valence-electron chi connectivity index (χ4n) is 5.67. The molecule has 0 aromatic carbocycles. The molecule has 1 spiro atoms. The van der Waals surface area contributed by atoms with Crippen LogP contribution in [0.3, 0.4) is 0 Å². The van der Waals surface area contributed by atoms with Gasteiger partial charge in [0.25, 0.3) is 0 Å². The fraction of sp³-hybridized carbons (Fsp3) is 0.682. The number of aliphatic hydroxyl groups is 1. The molecule has 8 unspecified atom stereocenters. The summed E-state index contributed by atoms with van der Waals surface area (Å²) in [7, 11) is 0. The van der Waals surface area contributed by atoms with Crippen LogP contribution < -0.4 is 0 Å². The van der Waals surface area contributed by atoms with Crippen LogP contribution in [0, 0.1) is 17.3 Å². The summed E-state index contributed by atoms with van der Waals surface area (Å²) in [5, 5.41) is 11.7. The lowest BCUT2D eigenvalue weighted by atomic mass is 9.57. The van der Waals surface area contributed by atoms with Gasteiger partial charge in [-0.15, -0.1) is 0 Å². The molecule has 0 aromatic heterocycles. The molecule has 2 saturated heterocycles. The quantitative estimate of drug-likeness (QED) is 0.404. The number of carbonyl (C=O) groups is 3. The molecule has 8 atom stereocenters. The van der Waals surface area contributed by atoms with E-state index in [-0.39, 0.29) is 5.78 Å². The van der Waals surface area contributed by atoms with Crippen molar-refractivity contribution in [3.05, 3.63) is 23.8 Å². The molecule has 1 N–H and O–H groups in total. The third-order valence-electron chi connectivity index (χ3n) is 7.45.